The van der Waals surface area contributed by atoms with Gasteiger partial charge in [0.1, 0.15) is 23.0 Å². The predicted molar refractivity (Wildman–Crippen MR) is 273 cm³/mol. The number of unbranched alkanes of at least 4 members (excludes halogenated alkanes) is 4. The lowest BCUT2D eigenvalue weighted by Crippen LogP contribution is -2.35. The number of hydrogen-bond acceptors (Lipinski definition) is 7. The van der Waals surface area contributed by atoms with Gasteiger partial charge in [0.05, 0.1) is 6.54 Å². The Morgan fingerprint density at radius 3 is 1.54 bits per heavy atom. The van der Waals surface area contributed by atoms with Gasteiger partial charge in [0.15, 0.2) is 5.78 Å². The topological polar surface area (TPSA) is 100 Å². The number of hydrogen-bond donors (Lipinski definition) is 4. The molecule has 0 bridgehead atoms. The molecular weight excluding hydrogens is 821 g/mol. The van der Waals surface area contributed by atoms with Crippen molar-refractivity contribution in [2.24, 2.45) is 17.3 Å². The van der Waals surface area contributed by atoms with Crippen molar-refractivity contribution in [2.75, 3.05) is 13.1 Å². The number of phenolic OH excluding ortho intramolecular Hbond substituents is 2. The van der Waals surface area contributed by atoms with E-state index in [1.54, 1.807) is 0 Å². The third kappa shape index (κ3) is 16.8. The molecule has 2 aromatic carbocycles. The molecule has 2 aliphatic rings. The van der Waals surface area contributed by atoms with Crippen molar-refractivity contribution in [1.82, 2.24) is 10.6 Å². The molecule has 9 heteroatoms. The van der Waals surface area contributed by atoms with Crippen molar-refractivity contribution in [3.05, 3.63) is 94.1 Å². The van der Waals surface area contributed by atoms with Gasteiger partial charge in [-0.1, -0.05) is 115 Å². The van der Waals surface area contributed by atoms with Gasteiger partial charge in [0.2, 0.25) is 0 Å². The number of thiocarbonyl (C=S) groups is 2. The SMILES string of the molecule is C=C(C)[C@@H]1CCC(C)=C[C@H]1c1c(O)cc(CCCCC)cc1OC(=S)NCC(=O)CC.C=C(C)[C@@H]1CCC(C)=C[C@H]1c1c(O)cc(CCCCC)cc1OC(=S)NCC(C)(C)CC. The zero-order valence-corrected chi connectivity index (χ0v) is 42.1. The standard InChI is InChI=1S/C28H43NO2S.C26H37NO3S/c1-8-10-11-12-21-16-24(30)26(23-15-20(5)13-14-22(23)19(3)4)25(17-21)31-27(32)29-18-28(6,7)9-2;1-6-8-9-10-19-14-23(29)25(22-13-18(5)11-12-21(22)17(3)4)24(15-19)30-26(31)27-16-20(28)7-2/h15-17,22-23,30H,3,8-14,18H2,1-2,4-7H3,(H,29,32);13-15,21-22,29H,3,6-12,16H2,1-2,4-5H3,(H,27,31)/t22-,23+;21-,22+/m00/s1. The van der Waals surface area contributed by atoms with Crippen LogP contribution in [0.15, 0.2) is 71.9 Å². The van der Waals surface area contributed by atoms with Gasteiger partial charge in [-0.25, -0.2) is 0 Å². The molecule has 348 valence electrons. The van der Waals surface area contributed by atoms with Crippen LogP contribution in [0.2, 0.25) is 0 Å². The highest BCUT2D eigenvalue weighted by Gasteiger charge is 2.33. The van der Waals surface area contributed by atoms with Crippen LogP contribution in [-0.2, 0) is 17.6 Å². The molecule has 0 amide bonds. The minimum Gasteiger partial charge on any atom is -0.507 e. The molecule has 0 radical (unpaired) electrons. The van der Waals surface area contributed by atoms with E-state index in [0.29, 0.717) is 28.8 Å². The van der Waals surface area contributed by atoms with E-state index in [2.05, 4.69) is 97.4 Å². The smallest absolute Gasteiger partial charge is 0.262 e. The lowest BCUT2D eigenvalue weighted by molar-refractivity contribution is -0.117. The molecule has 4 rings (SSSR count). The maximum atomic E-state index is 11.7. The minimum absolute atomic E-state index is 0.0222. The van der Waals surface area contributed by atoms with E-state index in [4.69, 9.17) is 33.9 Å². The first-order valence-corrected chi connectivity index (χ1v) is 24.5. The fourth-order valence-electron chi connectivity index (χ4n) is 8.44. The number of allylic oxidation sites excluding steroid dienone is 6. The molecule has 0 saturated heterocycles. The number of ketones is 1. The molecule has 0 saturated carbocycles. The summed E-state index contributed by atoms with van der Waals surface area (Å²) < 4.78 is 12.3. The van der Waals surface area contributed by atoms with Crippen molar-refractivity contribution in [3.8, 4) is 23.0 Å². The Labute approximate surface area is 392 Å². The second-order valence-corrected chi connectivity index (χ2v) is 19.7. The average molecular weight is 901 g/mol. The maximum absolute atomic E-state index is 11.7. The van der Waals surface area contributed by atoms with Gasteiger partial charge < -0.3 is 30.3 Å². The number of carbonyl (C=O) groups is 1. The van der Waals surface area contributed by atoms with E-state index >= 15 is 0 Å². The predicted octanol–water partition coefficient (Wildman–Crippen LogP) is 14.2. The summed E-state index contributed by atoms with van der Waals surface area (Å²) in [5.41, 5.74) is 8.71. The Kier molecular flexibility index (Phi) is 22.1. The first-order chi connectivity index (χ1) is 29.8. The fourth-order valence-corrected chi connectivity index (χ4v) is 8.76. The maximum Gasteiger partial charge on any atom is 0.262 e. The van der Waals surface area contributed by atoms with Gasteiger partial charge in [0, 0.05) is 35.9 Å². The summed E-state index contributed by atoms with van der Waals surface area (Å²) in [4.78, 5) is 11.7. The summed E-state index contributed by atoms with van der Waals surface area (Å²) in [5.74, 6) is 2.36. The third-order valence-corrected chi connectivity index (χ3v) is 13.3. The molecule has 0 heterocycles. The van der Waals surface area contributed by atoms with E-state index < -0.39 is 0 Å². The molecule has 0 fully saturated rings. The van der Waals surface area contributed by atoms with Gasteiger partial charge in [-0.3, -0.25) is 4.79 Å². The van der Waals surface area contributed by atoms with E-state index in [1.807, 2.05) is 32.0 Å². The number of aryl methyl sites for hydroxylation is 2. The highest BCUT2D eigenvalue weighted by atomic mass is 32.1. The van der Waals surface area contributed by atoms with E-state index in [-0.39, 0.29) is 52.3 Å². The van der Waals surface area contributed by atoms with Crippen LogP contribution in [0.3, 0.4) is 0 Å². The number of benzene rings is 2. The number of aromatic hydroxyl groups is 2. The van der Waals surface area contributed by atoms with E-state index in [9.17, 15) is 15.0 Å². The van der Waals surface area contributed by atoms with Crippen LogP contribution in [-0.4, -0.2) is 39.4 Å². The quantitative estimate of drug-likeness (QED) is 0.0588. The van der Waals surface area contributed by atoms with Crippen LogP contribution < -0.4 is 20.1 Å². The number of carbonyl (C=O) groups excluding carboxylic acids is 1. The van der Waals surface area contributed by atoms with Crippen molar-refractivity contribution in [2.45, 2.75) is 171 Å². The summed E-state index contributed by atoms with van der Waals surface area (Å²) in [6.45, 7) is 30.5. The zero-order chi connectivity index (χ0) is 46.9. The van der Waals surface area contributed by atoms with Gasteiger partial charge in [-0.15, -0.1) is 0 Å². The summed E-state index contributed by atoms with van der Waals surface area (Å²) in [6.07, 6.45) is 18.7. The average Bonchev–Trinajstić information content (AvgIpc) is 3.22. The number of rotatable bonds is 20. The van der Waals surface area contributed by atoms with Crippen molar-refractivity contribution >= 4 is 40.6 Å². The van der Waals surface area contributed by atoms with Crippen LogP contribution in [0.4, 0.5) is 0 Å². The second-order valence-electron chi connectivity index (χ2n) is 18.9. The van der Waals surface area contributed by atoms with Crippen LogP contribution in [0.25, 0.3) is 0 Å². The number of nitrogens with one attached hydrogen (secondary N) is 2. The fraction of sp³-hybridized carbons (Fsp3) is 0.574. The molecule has 7 nitrogen and oxygen atoms in total. The van der Waals surface area contributed by atoms with Gasteiger partial charge in [-0.05, 0) is 163 Å². The molecule has 0 unspecified atom stereocenters. The van der Waals surface area contributed by atoms with Crippen LogP contribution in [0.1, 0.15) is 180 Å². The third-order valence-electron chi connectivity index (χ3n) is 12.8. The van der Waals surface area contributed by atoms with Gasteiger partial charge in [0.25, 0.3) is 10.3 Å². The molecule has 2 aromatic rings. The molecule has 0 aromatic heterocycles. The Hall–Kier alpha value is -3.95. The van der Waals surface area contributed by atoms with Crippen molar-refractivity contribution in [3.63, 3.8) is 0 Å². The summed E-state index contributed by atoms with van der Waals surface area (Å²) in [6, 6.07) is 7.86. The monoisotopic (exact) mass is 901 g/mol. The molecular formula is C54H80N2O5S2. The Balaban J connectivity index is 0.000000335. The van der Waals surface area contributed by atoms with Crippen LogP contribution in [0, 0.1) is 17.3 Å². The van der Waals surface area contributed by atoms with E-state index in [1.165, 1.54) is 24.0 Å². The highest BCUT2D eigenvalue weighted by molar-refractivity contribution is 7.80. The highest BCUT2D eigenvalue weighted by Crippen LogP contribution is 2.48. The van der Waals surface area contributed by atoms with Crippen LogP contribution in [0.5, 0.6) is 23.0 Å². The number of phenols is 2. The number of Topliss-reactive ketones (excluding diaryl/α,β-unsaturated/α-hetero) is 1. The number of ether oxygens (including phenoxy) is 2. The van der Waals surface area contributed by atoms with E-state index in [0.717, 1.165) is 111 Å². The molecule has 2 aliphatic carbocycles. The summed E-state index contributed by atoms with van der Waals surface area (Å²) >= 11 is 10.9. The minimum atomic E-state index is -0.0222. The Morgan fingerprint density at radius 1 is 0.730 bits per heavy atom. The van der Waals surface area contributed by atoms with Gasteiger partial charge in [-0.2, -0.15) is 0 Å². The molecule has 4 N–H and O–H groups in total. The molecule has 4 atom stereocenters. The summed E-state index contributed by atoms with van der Waals surface area (Å²) in [5, 5.41) is 28.9. The first kappa shape index (κ1) is 53.4. The Bertz CT molecular complexity index is 1960. The van der Waals surface area contributed by atoms with Crippen molar-refractivity contribution < 1.29 is 24.5 Å². The first-order valence-electron chi connectivity index (χ1n) is 23.6. The van der Waals surface area contributed by atoms with Gasteiger partial charge >= 0.3 is 0 Å². The zero-order valence-electron chi connectivity index (χ0n) is 40.4. The Morgan fingerprint density at radius 2 is 1.16 bits per heavy atom. The lowest BCUT2D eigenvalue weighted by Gasteiger charge is -2.32. The normalized spacial score (nSPS) is 18.5. The molecule has 0 spiro atoms. The van der Waals surface area contributed by atoms with Crippen LogP contribution >= 0.6 is 24.4 Å². The lowest BCUT2D eigenvalue weighted by atomic mass is 9.73. The largest absolute Gasteiger partial charge is 0.507 e. The summed E-state index contributed by atoms with van der Waals surface area (Å²) in [7, 11) is 0. The molecule has 63 heavy (non-hydrogen) atoms. The second kappa shape index (κ2) is 26.1. The van der Waals surface area contributed by atoms with Crippen molar-refractivity contribution in [1.29, 1.82) is 0 Å². The molecule has 0 aliphatic heterocycles.